The van der Waals surface area contributed by atoms with Crippen molar-refractivity contribution < 1.29 is 13.2 Å². The van der Waals surface area contributed by atoms with Crippen molar-refractivity contribution in [3.8, 4) is 10.4 Å². The van der Waals surface area contributed by atoms with Crippen LogP contribution in [-0.2, 0) is 14.6 Å². The standard InChI is InChI=1S/C18H18ClNO3S2/c1-18(10-11-25(22,23)12-18)20-17(21)9-7-15-6-8-16(24-15)13-2-4-14(19)5-3-13/h2-9H,10-12H2,1H3,(H,20,21). The second-order valence-electron chi connectivity index (χ2n) is 6.43. The van der Waals surface area contributed by atoms with Gasteiger partial charge in [-0.1, -0.05) is 23.7 Å². The van der Waals surface area contributed by atoms with E-state index < -0.39 is 15.4 Å². The molecule has 4 nitrogen and oxygen atoms in total. The molecule has 1 amide bonds. The zero-order chi connectivity index (χ0) is 18.1. The Bertz CT molecular complexity index is 916. The highest BCUT2D eigenvalue weighted by molar-refractivity contribution is 7.91. The molecule has 1 fully saturated rings. The van der Waals surface area contributed by atoms with E-state index in [-0.39, 0.29) is 17.4 Å². The molecule has 25 heavy (non-hydrogen) atoms. The summed E-state index contributed by atoms with van der Waals surface area (Å²) in [6.07, 6.45) is 3.65. The number of nitrogens with one attached hydrogen (secondary N) is 1. The van der Waals surface area contributed by atoms with Gasteiger partial charge in [-0.05, 0) is 49.2 Å². The van der Waals surface area contributed by atoms with Crippen molar-refractivity contribution in [1.82, 2.24) is 5.32 Å². The third-order valence-electron chi connectivity index (χ3n) is 4.08. The van der Waals surface area contributed by atoms with Gasteiger partial charge in [0, 0.05) is 20.9 Å². The Hall–Kier alpha value is -1.63. The maximum absolute atomic E-state index is 12.1. The molecule has 0 saturated carbocycles. The first-order valence-corrected chi connectivity index (χ1v) is 10.8. The van der Waals surface area contributed by atoms with E-state index in [1.807, 2.05) is 36.4 Å². The van der Waals surface area contributed by atoms with Crippen LogP contribution in [-0.4, -0.2) is 31.4 Å². The molecule has 0 bridgehead atoms. The third kappa shape index (κ3) is 4.71. The highest BCUT2D eigenvalue weighted by atomic mass is 35.5. The third-order valence-corrected chi connectivity index (χ3v) is 7.34. The normalized spacial score (nSPS) is 22.3. The molecule has 0 spiro atoms. The molecule has 1 atom stereocenters. The van der Waals surface area contributed by atoms with Gasteiger partial charge in [-0.2, -0.15) is 0 Å². The molecule has 132 valence electrons. The van der Waals surface area contributed by atoms with Gasteiger partial charge in [0.25, 0.3) is 0 Å². The highest BCUT2D eigenvalue weighted by Gasteiger charge is 2.39. The summed E-state index contributed by atoms with van der Waals surface area (Å²) >= 11 is 7.47. The second-order valence-corrected chi connectivity index (χ2v) is 10.2. The molecular weight excluding hydrogens is 378 g/mol. The molecule has 1 unspecified atom stereocenters. The predicted molar refractivity (Wildman–Crippen MR) is 104 cm³/mol. The van der Waals surface area contributed by atoms with Crippen molar-refractivity contribution in [2.45, 2.75) is 18.9 Å². The van der Waals surface area contributed by atoms with E-state index in [0.717, 1.165) is 15.3 Å². The fourth-order valence-corrected chi connectivity index (χ4v) is 5.95. The predicted octanol–water partition coefficient (Wildman–Crippen LogP) is 3.78. The molecule has 0 radical (unpaired) electrons. The fraction of sp³-hybridized carbons (Fsp3) is 0.278. The number of halogens is 1. The summed E-state index contributed by atoms with van der Waals surface area (Å²) < 4.78 is 23.2. The Labute approximate surface area is 156 Å². The Morgan fingerprint density at radius 1 is 1.24 bits per heavy atom. The number of thiophene rings is 1. The number of hydrogen-bond acceptors (Lipinski definition) is 4. The summed E-state index contributed by atoms with van der Waals surface area (Å²) in [5.41, 5.74) is 0.395. The molecule has 1 aromatic carbocycles. The van der Waals surface area contributed by atoms with E-state index in [2.05, 4.69) is 5.32 Å². The summed E-state index contributed by atoms with van der Waals surface area (Å²) in [5, 5.41) is 3.50. The maximum Gasteiger partial charge on any atom is 0.244 e. The van der Waals surface area contributed by atoms with Gasteiger partial charge in [0.2, 0.25) is 5.91 Å². The monoisotopic (exact) mass is 395 g/mol. The van der Waals surface area contributed by atoms with E-state index in [0.29, 0.717) is 11.4 Å². The maximum atomic E-state index is 12.1. The van der Waals surface area contributed by atoms with Gasteiger partial charge >= 0.3 is 0 Å². The van der Waals surface area contributed by atoms with E-state index in [9.17, 15) is 13.2 Å². The minimum atomic E-state index is -3.04. The molecule has 2 aromatic rings. The summed E-state index contributed by atoms with van der Waals surface area (Å²) in [4.78, 5) is 14.1. The van der Waals surface area contributed by atoms with Crippen molar-refractivity contribution in [2.75, 3.05) is 11.5 Å². The van der Waals surface area contributed by atoms with Crippen LogP contribution in [0.15, 0.2) is 42.5 Å². The summed E-state index contributed by atoms with van der Waals surface area (Å²) in [6, 6.07) is 11.5. The Balaban J connectivity index is 1.64. The SMILES string of the molecule is CC1(NC(=O)C=Cc2ccc(-c3ccc(Cl)cc3)s2)CCS(=O)(=O)C1. The molecule has 1 aliphatic rings. The molecule has 1 N–H and O–H groups in total. The van der Waals surface area contributed by atoms with Crippen LogP contribution in [0, 0.1) is 0 Å². The molecule has 1 aromatic heterocycles. The fourth-order valence-electron chi connectivity index (χ4n) is 2.82. The van der Waals surface area contributed by atoms with Gasteiger partial charge in [0.1, 0.15) is 0 Å². The van der Waals surface area contributed by atoms with E-state index in [1.54, 1.807) is 24.3 Å². The second kappa shape index (κ2) is 6.94. The lowest BCUT2D eigenvalue weighted by molar-refractivity contribution is -0.117. The van der Waals surface area contributed by atoms with Crippen molar-refractivity contribution in [3.05, 3.63) is 52.4 Å². The molecule has 1 aliphatic heterocycles. The number of sulfone groups is 1. The molecule has 1 saturated heterocycles. The van der Waals surface area contributed by atoms with Gasteiger partial charge in [-0.3, -0.25) is 4.79 Å². The van der Waals surface area contributed by atoms with E-state index >= 15 is 0 Å². The van der Waals surface area contributed by atoms with Crippen LogP contribution in [0.4, 0.5) is 0 Å². The Morgan fingerprint density at radius 2 is 1.96 bits per heavy atom. The van der Waals surface area contributed by atoms with Crippen LogP contribution in [0.2, 0.25) is 5.02 Å². The topological polar surface area (TPSA) is 63.2 Å². The first-order chi connectivity index (χ1) is 11.7. The van der Waals surface area contributed by atoms with Crippen LogP contribution in [0.5, 0.6) is 0 Å². The van der Waals surface area contributed by atoms with Gasteiger partial charge in [-0.15, -0.1) is 11.3 Å². The lowest BCUT2D eigenvalue weighted by Crippen LogP contribution is -2.46. The van der Waals surface area contributed by atoms with Crippen LogP contribution in [0.1, 0.15) is 18.2 Å². The number of amides is 1. The van der Waals surface area contributed by atoms with Crippen molar-refractivity contribution in [2.24, 2.45) is 0 Å². The van der Waals surface area contributed by atoms with E-state index in [4.69, 9.17) is 11.6 Å². The lowest BCUT2D eigenvalue weighted by Gasteiger charge is -2.22. The molecular formula is C18H18ClNO3S2. The van der Waals surface area contributed by atoms with Crippen LogP contribution < -0.4 is 5.32 Å². The van der Waals surface area contributed by atoms with Crippen LogP contribution in [0.3, 0.4) is 0 Å². The number of carbonyl (C=O) groups is 1. The van der Waals surface area contributed by atoms with Crippen molar-refractivity contribution in [3.63, 3.8) is 0 Å². The smallest absolute Gasteiger partial charge is 0.244 e. The van der Waals surface area contributed by atoms with Gasteiger partial charge in [-0.25, -0.2) is 8.42 Å². The zero-order valence-corrected chi connectivity index (χ0v) is 16.0. The van der Waals surface area contributed by atoms with Crippen molar-refractivity contribution in [1.29, 1.82) is 0 Å². The summed E-state index contributed by atoms with van der Waals surface area (Å²) in [5.74, 6) is -0.150. The number of carbonyl (C=O) groups excluding carboxylic acids is 1. The highest BCUT2D eigenvalue weighted by Crippen LogP contribution is 2.29. The number of benzene rings is 1. The number of rotatable bonds is 4. The molecule has 3 rings (SSSR count). The molecule has 0 aliphatic carbocycles. The van der Waals surface area contributed by atoms with Gasteiger partial charge in [0.05, 0.1) is 17.0 Å². The average Bonchev–Trinajstić information content (AvgIpc) is 3.10. The Kier molecular flexibility index (Phi) is 5.04. The largest absolute Gasteiger partial charge is 0.346 e. The van der Waals surface area contributed by atoms with E-state index in [1.165, 1.54) is 6.08 Å². The molecule has 7 heteroatoms. The Morgan fingerprint density at radius 3 is 2.60 bits per heavy atom. The minimum Gasteiger partial charge on any atom is -0.346 e. The van der Waals surface area contributed by atoms with Crippen LogP contribution in [0.25, 0.3) is 16.5 Å². The lowest BCUT2D eigenvalue weighted by atomic mass is 10.0. The summed E-state index contributed by atoms with van der Waals surface area (Å²) in [6.45, 7) is 1.77. The summed E-state index contributed by atoms with van der Waals surface area (Å²) in [7, 11) is -3.04. The quantitative estimate of drug-likeness (QED) is 0.801. The first kappa shape index (κ1) is 18.2. The van der Waals surface area contributed by atoms with Gasteiger partial charge < -0.3 is 5.32 Å². The first-order valence-electron chi connectivity index (χ1n) is 7.81. The zero-order valence-electron chi connectivity index (χ0n) is 13.7. The minimum absolute atomic E-state index is 0.000698. The van der Waals surface area contributed by atoms with Crippen LogP contribution >= 0.6 is 22.9 Å². The van der Waals surface area contributed by atoms with Gasteiger partial charge in [0.15, 0.2) is 9.84 Å². The molecule has 2 heterocycles. The van der Waals surface area contributed by atoms with Crippen molar-refractivity contribution >= 4 is 44.8 Å². The number of hydrogen-bond donors (Lipinski definition) is 1. The average molecular weight is 396 g/mol.